The molecule has 0 aliphatic rings. The molecule has 17 heavy (non-hydrogen) atoms. The number of carbonyl (C=O) groups is 1. The summed E-state index contributed by atoms with van der Waals surface area (Å²) in [5.41, 5.74) is 5.92. The first-order valence-electron chi connectivity index (χ1n) is 4.79. The molecule has 6 heteroatoms. The highest BCUT2D eigenvalue weighted by Gasteiger charge is 2.13. The Balaban J connectivity index is 0.00000256. The van der Waals surface area contributed by atoms with E-state index in [0.717, 1.165) is 12.1 Å². The molecule has 2 N–H and O–H groups in total. The molecule has 0 aromatic heterocycles. The van der Waals surface area contributed by atoms with Gasteiger partial charge in [-0.05, 0) is 18.1 Å². The minimum atomic E-state index is -0.652. The zero-order valence-electron chi connectivity index (χ0n) is 9.28. The highest BCUT2D eigenvalue weighted by molar-refractivity contribution is 5.85. The van der Waals surface area contributed by atoms with Crippen molar-refractivity contribution in [1.29, 1.82) is 0 Å². The van der Waals surface area contributed by atoms with Crippen molar-refractivity contribution in [3.05, 3.63) is 35.4 Å². The Morgan fingerprint density at radius 1 is 1.47 bits per heavy atom. The molecule has 0 spiro atoms. The van der Waals surface area contributed by atoms with Crippen molar-refractivity contribution in [2.75, 3.05) is 7.11 Å². The largest absolute Gasteiger partial charge is 0.469 e. The fourth-order valence-corrected chi connectivity index (χ4v) is 1.34. The maximum Gasteiger partial charge on any atom is 0.307 e. The summed E-state index contributed by atoms with van der Waals surface area (Å²) >= 11 is 0. The number of hydrogen-bond donors (Lipinski definition) is 1. The molecule has 3 nitrogen and oxygen atoms in total. The van der Waals surface area contributed by atoms with E-state index in [0.29, 0.717) is 0 Å². The molecule has 1 aromatic carbocycles. The van der Waals surface area contributed by atoms with Crippen LogP contribution in [-0.2, 0) is 16.0 Å². The lowest BCUT2D eigenvalue weighted by atomic mass is 10.0. The second-order valence-electron chi connectivity index (χ2n) is 3.48. The average molecular weight is 266 g/mol. The van der Waals surface area contributed by atoms with Crippen LogP contribution in [0, 0.1) is 11.6 Å². The van der Waals surface area contributed by atoms with E-state index in [2.05, 4.69) is 4.74 Å². The topological polar surface area (TPSA) is 52.3 Å². The summed E-state index contributed by atoms with van der Waals surface area (Å²) in [7, 11) is 1.26. The Labute approximate surface area is 104 Å². The fourth-order valence-electron chi connectivity index (χ4n) is 1.34. The van der Waals surface area contributed by atoms with Crippen molar-refractivity contribution in [3.63, 3.8) is 0 Å². The maximum absolute atomic E-state index is 13.2. The molecule has 0 amide bonds. The van der Waals surface area contributed by atoms with Gasteiger partial charge < -0.3 is 10.5 Å². The van der Waals surface area contributed by atoms with Crippen LogP contribution >= 0.6 is 12.4 Å². The van der Waals surface area contributed by atoms with Gasteiger partial charge in [0, 0.05) is 12.1 Å². The summed E-state index contributed by atoms with van der Waals surface area (Å²) in [6.07, 6.45) is 0.175. The fraction of sp³-hybridized carbons (Fsp3) is 0.364. The van der Waals surface area contributed by atoms with Crippen molar-refractivity contribution in [2.24, 2.45) is 5.73 Å². The van der Waals surface area contributed by atoms with E-state index in [1.165, 1.54) is 13.2 Å². The number of halogens is 3. The van der Waals surface area contributed by atoms with Crippen LogP contribution in [0.5, 0.6) is 0 Å². The lowest BCUT2D eigenvalue weighted by Crippen LogP contribution is -2.27. The van der Waals surface area contributed by atoms with Crippen LogP contribution in [0.1, 0.15) is 12.0 Å². The van der Waals surface area contributed by atoms with Crippen molar-refractivity contribution in [2.45, 2.75) is 18.9 Å². The summed E-state index contributed by atoms with van der Waals surface area (Å²) < 4.78 is 30.3. The van der Waals surface area contributed by atoms with E-state index in [4.69, 9.17) is 5.73 Å². The smallest absolute Gasteiger partial charge is 0.307 e. The number of hydrogen-bond acceptors (Lipinski definition) is 3. The Hall–Kier alpha value is -1.20. The average Bonchev–Trinajstić information content (AvgIpc) is 2.22. The van der Waals surface area contributed by atoms with Crippen LogP contribution < -0.4 is 5.73 Å². The van der Waals surface area contributed by atoms with Crippen LogP contribution in [0.3, 0.4) is 0 Å². The highest BCUT2D eigenvalue weighted by Crippen LogP contribution is 2.12. The van der Waals surface area contributed by atoms with E-state index in [-0.39, 0.29) is 30.8 Å². The van der Waals surface area contributed by atoms with Gasteiger partial charge in [-0.2, -0.15) is 0 Å². The first kappa shape index (κ1) is 15.8. The molecule has 0 saturated heterocycles. The van der Waals surface area contributed by atoms with Gasteiger partial charge in [-0.3, -0.25) is 4.79 Å². The zero-order chi connectivity index (χ0) is 12.1. The molecule has 0 saturated carbocycles. The van der Waals surface area contributed by atoms with Gasteiger partial charge >= 0.3 is 5.97 Å². The molecule has 0 heterocycles. The molecule has 0 bridgehead atoms. The molecule has 1 rings (SSSR count). The second kappa shape index (κ2) is 7.19. The molecule has 1 atom stereocenters. The van der Waals surface area contributed by atoms with Crippen LogP contribution in [0.4, 0.5) is 8.78 Å². The van der Waals surface area contributed by atoms with Crippen molar-refractivity contribution in [1.82, 2.24) is 0 Å². The Morgan fingerprint density at radius 3 is 2.65 bits per heavy atom. The minimum Gasteiger partial charge on any atom is -0.469 e. The molecule has 1 aromatic rings. The van der Waals surface area contributed by atoms with E-state index in [9.17, 15) is 13.6 Å². The van der Waals surface area contributed by atoms with Crippen molar-refractivity contribution < 1.29 is 18.3 Å². The molecule has 0 aliphatic heterocycles. The second-order valence-corrected chi connectivity index (χ2v) is 3.48. The third-order valence-electron chi connectivity index (χ3n) is 2.15. The molecular weight excluding hydrogens is 252 g/mol. The van der Waals surface area contributed by atoms with Gasteiger partial charge in [0.05, 0.1) is 13.5 Å². The number of ether oxygens (including phenoxy) is 1. The van der Waals surface area contributed by atoms with Gasteiger partial charge in [0.15, 0.2) is 0 Å². The van der Waals surface area contributed by atoms with E-state index >= 15 is 0 Å². The summed E-state index contributed by atoms with van der Waals surface area (Å²) in [6, 6.07) is 2.73. The SMILES string of the molecule is COC(=O)C[C@H](N)Cc1ccc(F)cc1F.Cl. The Bertz CT molecular complexity index is 388. The Morgan fingerprint density at radius 2 is 2.12 bits per heavy atom. The third kappa shape index (κ3) is 5.10. The van der Waals surface area contributed by atoms with E-state index < -0.39 is 23.6 Å². The van der Waals surface area contributed by atoms with Gasteiger partial charge in [0.2, 0.25) is 0 Å². The number of carbonyl (C=O) groups excluding carboxylic acids is 1. The number of nitrogens with two attached hydrogens (primary N) is 1. The highest BCUT2D eigenvalue weighted by atomic mass is 35.5. The first-order chi connectivity index (χ1) is 7.52. The maximum atomic E-state index is 13.2. The lowest BCUT2D eigenvalue weighted by Gasteiger charge is -2.10. The van der Waals surface area contributed by atoms with Crippen molar-refractivity contribution >= 4 is 18.4 Å². The molecule has 0 radical (unpaired) electrons. The summed E-state index contributed by atoms with van der Waals surface area (Å²) in [5.74, 6) is -1.74. The minimum absolute atomic E-state index is 0. The standard InChI is InChI=1S/C11H13F2NO2.ClH/c1-16-11(15)6-9(14)4-7-2-3-8(12)5-10(7)13;/h2-3,5,9H,4,6,14H2,1H3;1H/t9-;/m1./s1. The number of methoxy groups -OCH3 is 1. The third-order valence-corrected chi connectivity index (χ3v) is 2.15. The van der Waals surface area contributed by atoms with Crippen molar-refractivity contribution in [3.8, 4) is 0 Å². The predicted molar refractivity (Wildman–Crippen MR) is 61.9 cm³/mol. The van der Waals surface area contributed by atoms with E-state index in [1.807, 2.05) is 0 Å². The monoisotopic (exact) mass is 265 g/mol. The van der Waals surface area contributed by atoms with Gasteiger partial charge in [-0.25, -0.2) is 8.78 Å². The zero-order valence-corrected chi connectivity index (χ0v) is 10.1. The van der Waals surface area contributed by atoms with Crippen LogP contribution in [-0.4, -0.2) is 19.1 Å². The molecule has 0 fully saturated rings. The quantitative estimate of drug-likeness (QED) is 0.845. The van der Waals surface area contributed by atoms with Crippen LogP contribution in [0.25, 0.3) is 0 Å². The van der Waals surface area contributed by atoms with Gasteiger partial charge in [0.1, 0.15) is 11.6 Å². The molecule has 0 aliphatic carbocycles. The van der Waals surface area contributed by atoms with Gasteiger partial charge in [-0.1, -0.05) is 6.07 Å². The molecule has 96 valence electrons. The molecular formula is C11H14ClF2NO2. The first-order valence-corrected chi connectivity index (χ1v) is 4.79. The predicted octanol–water partition coefficient (Wildman–Crippen LogP) is 1.82. The van der Waals surface area contributed by atoms with Crippen LogP contribution in [0.2, 0.25) is 0 Å². The summed E-state index contributed by atoms with van der Waals surface area (Å²) in [6.45, 7) is 0. The number of benzene rings is 1. The van der Waals surface area contributed by atoms with E-state index in [1.54, 1.807) is 0 Å². The number of esters is 1. The lowest BCUT2D eigenvalue weighted by molar-refractivity contribution is -0.140. The Kier molecular flexibility index (Phi) is 6.68. The van der Waals surface area contributed by atoms with Crippen LogP contribution in [0.15, 0.2) is 18.2 Å². The number of rotatable bonds is 4. The normalized spacial score (nSPS) is 11.5. The summed E-state index contributed by atoms with van der Waals surface area (Å²) in [5, 5.41) is 0. The summed E-state index contributed by atoms with van der Waals surface area (Å²) in [4.78, 5) is 10.9. The van der Waals surface area contributed by atoms with Gasteiger partial charge in [0.25, 0.3) is 0 Å². The molecule has 0 unspecified atom stereocenters. The van der Waals surface area contributed by atoms with Gasteiger partial charge in [-0.15, -0.1) is 12.4 Å².